The lowest BCUT2D eigenvalue weighted by Gasteiger charge is -2.29. The first-order chi connectivity index (χ1) is 23.6. The van der Waals surface area contributed by atoms with Gasteiger partial charge in [-0.2, -0.15) is 4.98 Å². The van der Waals surface area contributed by atoms with Gasteiger partial charge in [0.25, 0.3) is 11.8 Å². The number of para-hydroxylation sites is 1. The van der Waals surface area contributed by atoms with Gasteiger partial charge in [-0.25, -0.2) is 9.37 Å². The number of ether oxygens (including phenoxy) is 3. The summed E-state index contributed by atoms with van der Waals surface area (Å²) in [5, 5.41) is 8.77. The van der Waals surface area contributed by atoms with Crippen molar-refractivity contribution in [3.63, 3.8) is 0 Å². The first kappa shape index (κ1) is 35.1. The van der Waals surface area contributed by atoms with Crippen molar-refractivity contribution in [3.05, 3.63) is 88.9 Å². The number of anilines is 3. The van der Waals surface area contributed by atoms with Crippen LogP contribution < -0.4 is 30.2 Å². The maximum atomic E-state index is 15.1. The molecular weight excluding hydrogens is 627 g/mol. The Balaban J connectivity index is 1.40. The van der Waals surface area contributed by atoms with Crippen LogP contribution in [0.1, 0.15) is 58.0 Å². The van der Waals surface area contributed by atoms with E-state index in [1.807, 2.05) is 39.0 Å². The number of nitrogens with one attached hydrogen (secondary N) is 3. The summed E-state index contributed by atoms with van der Waals surface area (Å²) < 4.78 is 32.6. The van der Waals surface area contributed by atoms with Gasteiger partial charge in [0.1, 0.15) is 5.56 Å². The minimum absolute atomic E-state index is 0.0447. The SMILES string of the molecule is CCCNC(=O)c1ccc(Oc2nc(Nc3ccc(OCC4CCCN(C)C4)c(F)c3)ncc2C(=O)Nc2c(C)cccc2C)c(OC)c1. The highest BCUT2D eigenvalue weighted by Gasteiger charge is 2.22. The fraction of sp³-hybridized carbons (Fsp3) is 0.351. The Kier molecular flexibility index (Phi) is 11.6. The summed E-state index contributed by atoms with van der Waals surface area (Å²) in [7, 11) is 3.53. The summed E-state index contributed by atoms with van der Waals surface area (Å²) in [5.74, 6) is -0.297. The van der Waals surface area contributed by atoms with Crippen molar-refractivity contribution in [1.29, 1.82) is 0 Å². The molecule has 0 spiro atoms. The molecule has 1 saturated heterocycles. The topological polar surface area (TPSA) is 127 Å². The van der Waals surface area contributed by atoms with Crippen LogP contribution in [0, 0.1) is 25.6 Å². The first-order valence-corrected chi connectivity index (χ1v) is 16.4. The molecule has 0 bridgehead atoms. The molecule has 1 atom stereocenters. The van der Waals surface area contributed by atoms with Crippen LogP contribution in [0.2, 0.25) is 0 Å². The lowest BCUT2D eigenvalue weighted by Crippen LogP contribution is -2.34. The average molecular weight is 671 g/mol. The van der Waals surface area contributed by atoms with Gasteiger partial charge in [-0.05, 0) is 88.2 Å². The molecule has 11 nitrogen and oxygen atoms in total. The number of hydrogen-bond donors (Lipinski definition) is 3. The van der Waals surface area contributed by atoms with E-state index in [1.54, 1.807) is 30.3 Å². The lowest BCUT2D eigenvalue weighted by atomic mass is 10.00. The molecule has 3 N–H and O–H groups in total. The molecule has 3 aromatic carbocycles. The van der Waals surface area contributed by atoms with Crippen LogP contribution in [0.15, 0.2) is 60.8 Å². The van der Waals surface area contributed by atoms with E-state index in [1.165, 1.54) is 19.4 Å². The molecular formula is C37H43FN6O5. The normalized spacial score (nSPS) is 14.5. The van der Waals surface area contributed by atoms with Gasteiger partial charge in [0.2, 0.25) is 11.8 Å². The Labute approximate surface area is 286 Å². The third-order valence-corrected chi connectivity index (χ3v) is 8.27. The predicted molar refractivity (Wildman–Crippen MR) is 187 cm³/mol. The molecule has 12 heteroatoms. The van der Waals surface area contributed by atoms with E-state index in [0.717, 1.165) is 43.5 Å². The summed E-state index contributed by atoms with van der Waals surface area (Å²) in [4.78, 5) is 37.3. The van der Waals surface area contributed by atoms with Gasteiger partial charge < -0.3 is 35.1 Å². The van der Waals surface area contributed by atoms with Crippen LogP contribution in [-0.4, -0.2) is 67.1 Å². The number of carbonyl (C=O) groups is 2. The van der Waals surface area contributed by atoms with E-state index >= 15 is 4.39 Å². The molecule has 1 aliphatic rings. The van der Waals surface area contributed by atoms with Crippen molar-refractivity contribution in [1.82, 2.24) is 20.2 Å². The Bertz CT molecular complexity index is 1780. The molecule has 1 aliphatic heterocycles. The van der Waals surface area contributed by atoms with Gasteiger partial charge in [0, 0.05) is 48.2 Å². The molecule has 1 fully saturated rings. The van der Waals surface area contributed by atoms with E-state index in [-0.39, 0.29) is 40.5 Å². The van der Waals surface area contributed by atoms with Gasteiger partial charge in [0.15, 0.2) is 23.1 Å². The summed E-state index contributed by atoms with van der Waals surface area (Å²) >= 11 is 0. The predicted octanol–water partition coefficient (Wildman–Crippen LogP) is 6.89. The summed E-state index contributed by atoms with van der Waals surface area (Å²) in [6.45, 7) is 8.73. The van der Waals surface area contributed by atoms with Crippen LogP contribution in [0.5, 0.6) is 23.1 Å². The summed E-state index contributed by atoms with van der Waals surface area (Å²) in [6.07, 6.45) is 4.28. The molecule has 1 aromatic heterocycles. The standard InChI is InChI=1S/C37H43FN6O5/c1-6-16-39-34(45)26-12-14-31(32(18-26)47-5)49-36-28(35(46)42-33-23(2)9-7-10-24(33)3)20-40-37(43-36)41-27-13-15-30(29(38)19-27)48-22-25-11-8-17-44(4)21-25/h7,9-10,12-15,18-20,25H,6,8,11,16-17,21-22H2,1-5H3,(H,39,45)(H,42,46)(H,40,41,43). The van der Waals surface area contributed by atoms with Gasteiger partial charge >= 0.3 is 0 Å². The van der Waals surface area contributed by atoms with Crippen LogP contribution in [0.4, 0.5) is 21.7 Å². The van der Waals surface area contributed by atoms with E-state index in [0.29, 0.717) is 36.0 Å². The second-order valence-corrected chi connectivity index (χ2v) is 12.2. The van der Waals surface area contributed by atoms with Crippen LogP contribution in [0.3, 0.4) is 0 Å². The highest BCUT2D eigenvalue weighted by Crippen LogP contribution is 2.34. The Hall–Kier alpha value is -5.23. The van der Waals surface area contributed by atoms with Crippen LogP contribution in [0.25, 0.3) is 0 Å². The van der Waals surface area contributed by atoms with E-state index in [4.69, 9.17) is 14.2 Å². The molecule has 1 unspecified atom stereocenters. The highest BCUT2D eigenvalue weighted by atomic mass is 19.1. The smallest absolute Gasteiger partial charge is 0.262 e. The maximum Gasteiger partial charge on any atom is 0.262 e. The minimum Gasteiger partial charge on any atom is -0.493 e. The van der Waals surface area contributed by atoms with Crippen molar-refractivity contribution >= 4 is 29.1 Å². The second kappa shape index (κ2) is 16.2. The van der Waals surface area contributed by atoms with Gasteiger partial charge in [0.05, 0.1) is 13.7 Å². The number of nitrogens with zero attached hydrogens (tertiary/aromatic N) is 3. The summed E-state index contributed by atoms with van der Waals surface area (Å²) in [5.41, 5.74) is 3.23. The number of rotatable bonds is 13. The third kappa shape index (κ3) is 9.02. The molecule has 2 amide bonds. The molecule has 2 heterocycles. The number of benzene rings is 3. The van der Waals surface area contributed by atoms with Crippen molar-refractivity contribution < 1.29 is 28.2 Å². The maximum absolute atomic E-state index is 15.1. The average Bonchev–Trinajstić information content (AvgIpc) is 3.08. The monoisotopic (exact) mass is 670 g/mol. The van der Waals surface area contributed by atoms with Gasteiger partial charge in [-0.15, -0.1) is 0 Å². The van der Waals surface area contributed by atoms with Gasteiger partial charge in [-0.1, -0.05) is 25.1 Å². The zero-order chi connectivity index (χ0) is 34.9. The first-order valence-electron chi connectivity index (χ1n) is 16.4. The highest BCUT2D eigenvalue weighted by molar-refractivity contribution is 6.06. The number of methoxy groups -OCH3 is 1. The second-order valence-electron chi connectivity index (χ2n) is 12.2. The fourth-order valence-electron chi connectivity index (χ4n) is 5.63. The Morgan fingerprint density at radius 2 is 1.80 bits per heavy atom. The quantitative estimate of drug-likeness (QED) is 0.139. The number of hydrogen-bond acceptors (Lipinski definition) is 9. The molecule has 49 heavy (non-hydrogen) atoms. The molecule has 0 aliphatic carbocycles. The molecule has 258 valence electrons. The molecule has 5 rings (SSSR count). The number of piperidine rings is 1. The Morgan fingerprint density at radius 1 is 1.02 bits per heavy atom. The van der Waals surface area contributed by atoms with Crippen molar-refractivity contribution in [2.75, 3.05) is 51.0 Å². The lowest BCUT2D eigenvalue weighted by molar-refractivity contribution is 0.0952. The van der Waals surface area contributed by atoms with E-state index in [9.17, 15) is 9.59 Å². The fourth-order valence-corrected chi connectivity index (χ4v) is 5.63. The van der Waals surface area contributed by atoms with E-state index < -0.39 is 11.7 Å². The van der Waals surface area contributed by atoms with Crippen molar-refractivity contribution in [2.24, 2.45) is 5.92 Å². The minimum atomic E-state index is -0.525. The van der Waals surface area contributed by atoms with Crippen molar-refractivity contribution in [2.45, 2.75) is 40.0 Å². The summed E-state index contributed by atoms with van der Waals surface area (Å²) in [6, 6.07) is 15.0. The zero-order valence-electron chi connectivity index (χ0n) is 28.6. The Morgan fingerprint density at radius 3 is 2.51 bits per heavy atom. The third-order valence-electron chi connectivity index (χ3n) is 8.27. The van der Waals surface area contributed by atoms with Gasteiger partial charge in [-0.3, -0.25) is 9.59 Å². The van der Waals surface area contributed by atoms with Crippen LogP contribution in [-0.2, 0) is 0 Å². The number of aromatic nitrogens is 2. The number of aryl methyl sites for hydroxylation is 2. The van der Waals surface area contributed by atoms with Crippen molar-refractivity contribution in [3.8, 4) is 23.1 Å². The molecule has 4 aromatic rings. The number of halogens is 1. The number of likely N-dealkylation sites (tertiary alicyclic amines) is 1. The van der Waals surface area contributed by atoms with E-state index in [2.05, 4.69) is 37.9 Å². The van der Waals surface area contributed by atoms with Crippen LogP contribution >= 0.6 is 0 Å². The number of carbonyl (C=O) groups excluding carboxylic acids is 2. The molecule has 0 radical (unpaired) electrons. The number of amides is 2. The molecule has 0 saturated carbocycles. The largest absolute Gasteiger partial charge is 0.493 e. The zero-order valence-corrected chi connectivity index (χ0v) is 28.6.